The molecule has 2 aromatic rings. The summed E-state index contributed by atoms with van der Waals surface area (Å²) in [6.07, 6.45) is -0.805. The first-order chi connectivity index (χ1) is 7.52. The maximum absolute atomic E-state index is 10.2. The highest BCUT2D eigenvalue weighted by molar-refractivity contribution is 9.10. The molecule has 2 heterocycles. The Balaban J connectivity index is 2.47. The second-order valence-electron chi connectivity index (χ2n) is 3.39. The van der Waals surface area contributed by atoms with E-state index in [-0.39, 0.29) is 0 Å². The van der Waals surface area contributed by atoms with Crippen LogP contribution in [0.4, 0.5) is 0 Å². The lowest BCUT2D eigenvalue weighted by atomic mass is 10.2. The van der Waals surface area contributed by atoms with Crippen LogP contribution in [0.25, 0.3) is 0 Å². The van der Waals surface area contributed by atoms with Crippen LogP contribution in [0, 0.1) is 6.92 Å². The third-order valence-corrected chi connectivity index (χ3v) is 4.59. The van der Waals surface area contributed by atoms with E-state index in [1.165, 1.54) is 16.0 Å². The molecule has 0 aromatic carbocycles. The molecule has 0 aliphatic heterocycles. The molecule has 0 saturated carbocycles. The molecule has 4 nitrogen and oxygen atoms in total. The van der Waals surface area contributed by atoms with Crippen molar-refractivity contribution in [3.63, 3.8) is 0 Å². The second-order valence-corrected chi connectivity index (χ2v) is 5.43. The molecule has 0 aliphatic carbocycles. The highest BCUT2D eigenvalue weighted by atomic mass is 79.9. The molecule has 2 rings (SSSR count). The Hall–Kier alpha value is -0.430. The molecular formula is C9H9BrClN3OS. The Morgan fingerprint density at radius 1 is 1.62 bits per heavy atom. The Morgan fingerprint density at radius 2 is 2.31 bits per heavy atom. The molecule has 0 saturated heterocycles. The zero-order valence-electron chi connectivity index (χ0n) is 8.61. The summed E-state index contributed by atoms with van der Waals surface area (Å²) in [7, 11) is 1.73. The van der Waals surface area contributed by atoms with Crippen molar-refractivity contribution in [3.8, 4) is 0 Å². The highest BCUT2D eigenvalue weighted by Gasteiger charge is 2.23. The first kappa shape index (κ1) is 12.0. The molecule has 1 atom stereocenters. The quantitative estimate of drug-likeness (QED) is 0.925. The van der Waals surface area contributed by atoms with Crippen LogP contribution >= 0.6 is 38.9 Å². The summed E-state index contributed by atoms with van der Waals surface area (Å²) in [5.74, 6) is 0. The number of thiophene rings is 1. The van der Waals surface area contributed by atoms with Crippen molar-refractivity contribution >= 4 is 38.9 Å². The first-order valence-corrected chi connectivity index (χ1v) is 6.54. The lowest BCUT2D eigenvalue weighted by molar-refractivity contribution is 0.213. The van der Waals surface area contributed by atoms with Crippen LogP contribution in [0.5, 0.6) is 0 Å². The van der Waals surface area contributed by atoms with Gasteiger partial charge in [-0.1, -0.05) is 16.8 Å². The van der Waals surface area contributed by atoms with E-state index < -0.39 is 6.10 Å². The fraction of sp³-hybridized carbons (Fsp3) is 0.333. The number of aliphatic hydroxyl groups is 1. The van der Waals surface area contributed by atoms with Crippen LogP contribution in [-0.4, -0.2) is 20.1 Å². The second kappa shape index (κ2) is 4.44. The van der Waals surface area contributed by atoms with Crippen molar-refractivity contribution in [3.05, 3.63) is 31.1 Å². The number of nitrogens with zero attached hydrogens (tertiary/aromatic N) is 3. The van der Waals surface area contributed by atoms with E-state index in [4.69, 9.17) is 11.6 Å². The van der Waals surface area contributed by atoms with Crippen LogP contribution in [0.1, 0.15) is 22.2 Å². The van der Waals surface area contributed by atoms with Gasteiger partial charge in [0.25, 0.3) is 0 Å². The number of hydrogen-bond donors (Lipinski definition) is 1. The molecule has 2 aromatic heterocycles. The molecule has 0 spiro atoms. The van der Waals surface area contributed by atoms with E-state index in [0.717, 1.165) is 5.56 Å². The van der Waals surface area contributed by atoms with Gasteiger partial charge in [-0.3, -0.25) is 0 Å². The molecule has 1 unspecified atom stereocenters. The summed E-state index contributed by atoms with van der Waals surface area (Å²) in [6.45, 7) is 1.91. The minimum atomic E-state index is -0.805. The maximum atomic E-state index is 10.2. The minimum absolute atomic E-state index is 0.532. The number of hydrogen-bond acceptors (Lipinski definition) is 4. The average molecular weight is 323 g/mol. The molecule has 0 radical (unpaired) electrons. The third-order valence-electron chi connectivity index (χ3n) is 2.26. The van der Waals surface area contributed by atoms with Gasteiger partial charge in [0.1, 0.15) is 11.8 Å². The summed E-state index contributed by atoms with van der Waals surface area (Å²) in [4.78, 5) is 0.713. The van der Waals surface area contributed by atoms with Gasteiger partial charge in [0.2, 0.25) is 0 Å². The van der Waals surface area contributed by atoms with Gasteiger partial charge in [0.15, 0.2) is 4.60 Å². The lowest BCUT2D eigenvalue weighted by Crippen LogP contribution is -2.06. The summed E-state index contributed by atoms with van der Waals surface area (Å²) >= 11 is 10.8. The van der Waals surface area contributed by atoms with Crippen molar-refractivity contribution in [2.45, 2.75) is 13.0 Å². The average Bonchev–Trinajstić information content (AvgIpc) is 2.73. The monoisotopic (exact) mass is 321 g/mol. The van der Waals surface area contributed by atoms with Gasteiger partial charge in [0, 0.05) is 7.05 Å². The van der Waals surface area contributed by atoms with E-state index in [1.54, 1.807) is 7.05 Å². The Morgan fingerprint density at radius 3 is 2.75 bits per heavy atom. The largest absolute Gasteiger partial charge is 0.381 e. The van der Waals surface area contributed by atoms with Crippen LogP contribution in [0.3, 0.4) is 0 Å². The smallest absolute Gasteiger partial charge is 0.154 e. The molecule has 86 valence electrons. The number of aromatic nitrogens is 3. The van der Waals surface area contributed by atoms with Crippen molar-refractivity contribution < 1.29 is 5.11 Å². The summed E-state index contributed by atoms with van der Waals surface area (Å²) < 4.78 is 2.06. The summed E-state index contributed by atoms with van der Waals surface area (Å²) in [5, 5.41) is 20.4. The number of aliphatic hydroxyl groups excluding tert-OH is 1. The zero-order valence-corrected chi connectivity index (χ0v) is 11.8. The highest BCUT2D eigenvalue weighted by Crippen LogP contribution is 2.36. The predicted molar refractivity (Wildman–Crippen MR) is 66.8 cm³/mol. The van der Waals surface area contributed by atoms with Gasteiger partial charge in [-0.15, -0.1) is 16.4 Å². The minimum Gasteiger partial charge on any atom is -0.381 e. The van der Waals surface area contributed by atoms with Gasteiger partial charge in [-0.05, 0) is 33.8 Å². The van der Waals surface area contributed by atoms with E-state index in [1.807, 2.05) is 12.3 Å². The van der Waals surface area contributed by atoms with Crippen LogP contribution in [0.2, 0.25) is 5.02 Å². The standard InChI is InChI=1S/C9H9BrClN3OS/c1-4-3-16-8(5(4)11)7(15)6-9(10)12-13-14(6)2/h3,7,15H,1-2H3. The fourth-order valence-electron chi connectivity index (χ4n) is 1.39. The van der Waals surface area contributed by atoms with Crippen LogP contribution < -0.4 is 0 Å². The molecule has 16 heavy (non-hydrogen) atoms. The normalized spacial score (nSPS) is 13.1. The Bertz CT molecular complexity index is 505. The zero-order chi connectivity index (χ0) is 11.9. The van der Waals surface area contributed by atoms with Gasteiger partial charge in [-0.25, -0.2) is 4.68 Å². The van der Waals surface area contributed by atoms with E-state index in [9.17, 15) is 5.11 Å². The SMILES string of the molecule is Cc1csc(C(O)c2c(Br)nnn2C)c1Cl. The Kier molecular flexibility index (Phi) is 3.34. The van der Waals surface area contributed by atoms with Crippen LogP contribution in [-0.2, 0) is 7.05 Å². The maximum Gasteiger partial charge on any atom is 0.154 e. The molecule has 0 amide bonds. The number of rotatable bonds is 2. The molecule has 1 N–H and O–H groups in total. The Labute approximate surface area is 110 Å². The lowest BCUT2D eigenvalue weighted by Gasteiger charge is -2.09. The summed E-state index contributed by atoms with van der Waals surface area (Å²) in [6, 6.07) is 0. The third kappa shape index (κ3) is 1.90. The fourth-order valence-corrected chi connectivity index (χ4v) is 3.21. The number of aryl methyl sites for hydroxylation is 2. The van der Waals surface area contributed by atoms with Crippen LogP contribution in [0.15, 0.2) is 9.98 Å². The predicted octanol–water partition coefficient (Wildman–Crippen LogP) is 2.68. The molecule has 0 bridgehead atoms. The summed E-state index contributed by atoms with van der Waals surface area (Å²) in [5.41, 5.74) is 1.57. The van der Waals surface area contributed by atoms with E-state index in [0.29, 0.717) is 20.2 Å². The molecule has 0 fully saturated rings. The van der Waals surface area contributed by atoms with Gasteiger partial charge < -0.3 is 5.11 Å². The van der Waals surface area contributed by atoms with Crippen molar-refractivity contribution in [2.75, 3.05) is 0 Å². The van der Waals surface area contributed by atoms with E-state index >= 15 is 0 Å². The van der Waals surface area contributed by atoms with Crippen molar-refractivity contribution in [2.24, 2.45) is 7.05 Å². The van der Waals surface area contributed by atoms with Gasteiger partial charge in [0.05, 0.1) is 9.90 Å². The van der Waals surface area contributed by atoms with E-state index in [2.05, 4.69) is 26.2 Å². The molecule has 0 aliphatic rings. The van der Waals surface area contributed by atoms with Gasteiger partial charge >= 0.3 is 0 Å². The first-order valence-electron chi connectivity index (χ1n) is 4.49. The van der Waals surface area contributed by atoms with Gasteiger partial charge in [-0.2, -0.15) is 0 Å². The molecule has 7 heteroatoms. The molecular weight excluding hydrogens is 314 g/mol. The van der Waals surface area contributed by atoms with Crippen molar-refractivity contribution in [1.29, 1.82) is 0 Å². The topological polar surface area (TPSA) is 50.9 Å². The number of halogens is 2. The van der Waals surface area contributed by atoms with Crippen molar-refractivity contribution in [1.82, 2.24) is 15.0 Å².